The molecule has 1 atom stereocenters. The first-order valence-corrected chi connectivity index (χ1v) is 8.93. The average molecular weight is 392 g/mol. The van der Waals surface area contributed by atoms with Gasteiger partial charge in [0.15, 0.2) is 11.6 Å². The van der Waals surface area contributed by atoms with Crippen molar-refractivity contribution in [3.05, 3.63) is 30.1 Å². The van der Waals surface area contributed by atoms with Crippen molar-refractivity contribution in [2.75, 3.05) is 6.54 Å². The monoisotopic (exact) mass is 392 g/mol. The first kappa shape index (κ1) is 23.1. The van der Waals surface area contributed by atoms with Crippen LogP contribution in [0.3, 0.4) is 0 Å². The van der Waals surface area contributed by atoms with E-state index in [1.807, 2.05) is 13.8 Å². The highest BCUT2D eigenvalue weighted by Crippen LogP contribution is 2.11. The van der Waals surface area contributed by atoms with Gasteiger partial charge in [-0.15, -0.1) is 0 Å². The smallest absolute Gasteiger partial charge is 0.413 e. The first-order chi connectivity index (χ1) is 12.9. The van der Waals surface area contributed by atoms with Crippen LogP contribution in [-0.4, -0.2) is 57.0 Å². The largest absolute Gasteiger partial charge is 0.465 e. The van der Waals surface area contributed by atoms with E-state index in [9.17, 15) is 19.5 Å². The van der Waals surface area contributed by atoms with Crippen LogP contribution in [0.5, 0.6) is 0 Å². The number of aromatic nitrogens is 1. The Morgan fingerprint density at radius 1 is 1.29 bits per heavy atom. The summed E-state index contributed by atoms with van der Waals surface area (Å²) in [7, 11) is 0. The summed E-state index contributed by atoms with van der Waals surface area (Å²) < 4.78 is 5.18. The van der Waals surface area contributed by atoms with E-state index in [0.717, 1.165) is 0 Å². The number of carbonyl (C=O) groups excluding carboxylic acids is 2. The fourth-order valence-corrected chi connectivity index (χ4v) is 2.34. The molecule has 1 heterocycles. The number of ketones is 1. The van der Waals surface area contributed by atoms with Gasteiger partial charge in [-0.3, -0.25) is 20.1 Å². The van der Waals surface area contributed by atoms with Crippen LogP contribution in [0.4, 0.5) is 9.59 Å². The molecule has 3 N–H and O–H groups in total. The molecular weight excluding hydrogens is 364 g/mol. The number of carbonyl (C=O) groups is 3. The van der Waals surface area contributed by atoms with E-state index in [4.69, 9.17) is 10.1 Å². The molecule has 9 nitrogen and oxygen atoms in total. The third kappa shape index (κ3) is 7.73. The van der Waals surface area contributed by atoms with Crippen LogP contribution in [-0.2, 0) is 9.53 Å². The van der Waals surface area contributed by atoms with Crippen molar-refractivity contribution >= 4 is 23.8 Å². The minimum atomic E-state index is -1.45. The molecule has 0 aromatic carbocycles. The van der Waals surface area contributed by atoms with Crippen molar-refractivity contribution in [2.45, 2.75) is 52.7 Å². The Labute approximate surface area is 164 Å². The number of nitrogens with zero attached hydrogens (tertiary/aromatic N) is 2. The number of pyridine rings is 1. The summed E-state index contributed by atoms with van der Waals surface area (Å²) >= 11 is 0. The molecule has 0 saturated heterocycles. The Morgan fingerprint density at radius 2 is 1.93 bits per heavy atom. The number of rotatable bonds is 7. The summed E-state index contributed by atoms with van der Waals surface area (Å²) in [6, 6.07) is 3.79. The third-order valence-corrected chi connectivity index (χ3v) is 3.51. The number of alkyl carbamates (subject to hydrolysis) is 1. The van der Waals surface area contributed by atoms with Gasteiger partial charge in [-0.25, -0.2) is 9.59 Å². The van der Waals surface area contributed by atoms with Crippen molar-refractivity contribution < 1.29 is 24.2 Å². The minimum Gasteiger partial charge on any atom is -0.465 e. The SMILES string of the molecule is CC(C)C[C@H](NC(=O)OC(C)(C)C)C(=O)CN(C(=N)c1ccccn1)C(=O)O. The van der Waals surface area contributed by atoms with Gasteiger partial charge >= 0.3 is 12.2 Å². The number of Topliss-reactive ketones (excluding diaryl/α,β-unsaturated/α-hetero) is 1. The lowest BCUT2D eigenvalue weighted by molar-refractivity contribution is -0.121. The Balaban J connectivity index is 2.95. The second-order valence-corrected chi connectivity index (χ2v) is 7.73. The van der Waals surface area contributed by atoms with Crippen LogP contribution in [0.15, 0.2) is 24.4 Å². The lowest BCUT2D eigenvalue weighted by Crippen LogP contribution is -2.49. The molecule has 0 aliphatic rings. The maximum absolute atomic E-state index is 12.7. The summed E-state index contributed by atoms with van der Waals surface area (Å²) in [5, 5.41) is 20.0. The lowest BCUT2D eigenvalue weighted by atomic mass is 10.00. The number of nitrogens with one attached hydrogen (secondary N) is 2. The first-order valence-electron chi connectivity index (χ1n) is 8.93. The van der Waals surface area contributed by atoms with Gasteiger partial charge in [0.1, 0.15) is 11.3 Å². The van der Waals surface area contributed by atoms with Crippen molar-refractivity contribution in [3.8, 4) is 0 Å². The van der Waals surface area contributed by atoms with E-state index in [2.05, 4.69) is 10.3 Å². The third-order valence-electron chi connectivity index (χ3n) is 3.51. The van der Waals surface area contributed by atoms with E-state index in [1.165, 1.54) is 12.3 Å². The molecule has 1 aromatic heterocycles. The number of hydrogen-bond acceptors (Lipinski definition) is 6. The molecule has 9 heteroatoms. The second-order valence-electron chi connectivity index (χ2n) is 7.73. The second kappa shape index (κ2) is 9.82. The highest BCUT2D eigenvalue weighted by molar-refractivity contribution is 6.06. The summed E-state index contributed by atoms with van der Waals surface area (Å²) in [6.45, 7) is 8.27. The molecular formula is C19H28N4O5. The van der Waals surface area contributed by atoms with Gasteiger partial charge in [-0.1, -0.05) is 19.9 Å². The Bertz CT molecular complexity index is 713. The van der Waals surface area contributed by atoms with Crippen LogP contribution in [0.1, 0.15) is 46.7 Å². The normalized spacial score (nSPS) is 12.2. The summed E-state index contributed by atoms with van der Waals surface area (Å²) in [5.74, 6) is -0.887. The molecule has 0 saturated carbocycles. The number of carboxylic acid groups (broad SMARTS) is 1. The number of amidine groups is 1. The van der Waals surface area contributed by atoms with Crippen molar-refractivity contribution in [1.82, 2.24) is 15.2 Å². The quantitative estimate of drug-likeness (QED) is 0.483. The van der Waals surface area contributed by atoms with E-state index in [-0.39, 0.29) is 11.6 Å². The standard InChI is InChI=1S/C19H28N4O5/c1-12(2)10-14(22-17(25)28-19(3,4)5)15(24)11-23(18(26)27)16(20)13-8-6-7-9-21-13/h6-9,12,14,20H,10-11H2,1-5H3,(H,22,25)(H,26,27)/t14-/m0/s1. The minimum absolute atomic E-state index is 0.0670. The molecule has 0 aliphatic carbocycles. The molecule has 1 rings (SSSR count). The van der Waals surface area contributed by atoms with Gasteiger partial charge in [-0.2, -0.15) is 0 Å². The van der Waals surface area contributed by atoms with Crippen molar-refractivity contribution in [2.24, 2.45) is 5.92 Å². The molecule has 28 heavy (non-hydrogen) atoms. The van der Waals surface area contributed by atoms with Crippen molar-refractivity contribution in [3.63, 3.8) is 0 Å². The molecule has 1 aromatic rings. The Kier molecular flexibility index (Phi) is 8.09. The van der Waals surface area contributed by atoms with Gasteiger partial charge in [0.05, 0.1) is 12.6 Å². The molecule has 0 radical (unpaired) electrons. The van der Waals surface area contributed by atoms with Gasteiger partial charge in [0.25, 0.3) is 0 Å². The van der Waals surface area contributed by atoms with Crippen LogP contribution in [0, 0.1) is 11.3 Å². The fraction of sp³-hybridized carbons (Fsp3) is 0.526. The van der Waals surface area contributed by atoms with Crippen LogP contribution in [0.2, 0.25) is 0 Å². The van der Waals surface area contributed by atoms with E-state index < -0.39 is 42.0 Å². The van der Waals surface area contributed by atoms with Crippen LogP contribution < -0.4 is 5.32 Å². The zero-order chi connectivity index (χ0) is 21.5. The van der Waals surface area contributed by atoms with E-state index >= 15 is 0 Å². The molecule has 0 aliphatic heterocycles. The predicted octanol–water partition coefficient (Wildman–Crippen LogP) is 2.90. The van der Waals surface area contributed by atoms with Crippen LogP contribution in [0.25, 0.3) is 0 Å². The van der Waals surface area contributed by atoms with Gasteiger partial charge in [0, 0.05) is 6.20 Å². The summed E-state index contributed by atoms with van der Waals surface area (Å²) in [6.07, 6.45) is -0.475. The molecule has 0 unspecified atom stereocenters. The summed E-state index contributed by atoms with van der Waals surface area (Å²) in [5.41, 5.74) is -0.609. The van der Waals surface area contributed by atoms with Crippen LogP contribution >= 0.6 is 0 Å². The molecule has 0 fully saturated rings. The van der Waals surface area contributed by atoms with Crippen molar-refractivity contribution in [1.29, 1.82) is 5.41 Å². The zero-order valence-corrected chi connectivity index (χ0v) is 16.9. The maximum atomic E-state index is 12.7. The van der Waals surface area contributed by atoms with Gasteiger partial charge in [0.2, 0.25) is 0 Å². The fourth-order valence-electron chi connectivity index (χ4n) is 2.34. The van der Waals surface area contributed by atoms with E-state index in [1.54, 1.807) is 32.9 Å². The Morgan fingerprint density at radius 3 is 2.39 bits per heavy atom. The number of ether oxygens (including phenoxy) is 1. The topological polar surface area (TPSA) is 133 Å². The predicted molar refractivity (Wildman–Crippen MR) is 103 cm³/mol. The average Bonchev–Trinajstić information content (AvgIpc) is 2.56. The zero-order valence-electron chi connectivity index (χ0n) is 16.9. The highest BCUT2D eigenvalue weighted by atomic mass is 16.6. The number of amides is 2. The molecule has 0 bridgehead atoms. The van der Waals surface area contributed by atoms with E-state index in [0.29, 0.717) is 11.3 Å². The Hall–Kier alpha value is -2.97. The van der Waals surface area contributed by atoms with Gasteiger partial charge in [-0.05, 0) is 45.2 Å². The van der Waals surface area contributed by atoms with Gasteiger partial charge < -0.3 is 15.2 Å². The maximum Gasteiger partial charge on any atom is 0.413 e. The highest BCUT2D eigenvalue weighted by Gasteiger charge is 2.29. The summed E-state index contributed by atoms with van der Waals surface area (Å²) in [4.78, 5) is 40.9. The molecule has 154 valence electrons. The molecule has 0 spiro atoms. The lowest BCUT2D eigenvalue weighted by Gasteiger charge is -2.26. The molecule has 2 amide bonds. The number of hydrogen-bond donors (Lipinski definition) is 3.